The summed E-state index contributed by atoms with van der Waals surface area (Å²) in [6, 6.07) is 0.395. The number of anilines is 2. The number of hydrogen-bond donors (Lipinski definition) is 1. The highest BCUT2D eigenvalue weighted by molar-refractivity contribution is 5.41. The van der Waals surface area contributed by atoms with Crippen molar-refractivity contribution in [1.82, 2.24) is 9.97 Å². The van der Waals surface area contributed by atoms with Crippen LogP contribution in [0.5, 0.6) is 0 Å². The Labute approximate surface area is 82.9 Å². The molecule has 0 radical (unpaired) electrons. The largest absolute Gasteiger partial charge is 0.382 e. The van der Waals surface area contributed by atoms with Gasteiger partial charge in [0.1, 0.15) is 11.6 Å². The first-order valence-electron chi connectivity index (χ1n) is 4.65. The Morgan fingerprint density at radius 1 is 1.57 bits per heavy atom. The summed E-state index contributed by atoms with van der Waals surface area (Å²) < 4.78 is 5.31. The van der Waals surface area contributed by atoms with E-state index in [1.807, 2.05) is 7.05 Å². The van der Waals surface area contributed by atoms with Crippen LogP contribution in [0.25, 0.3) is 0 Å². The van der Waals surface area contributed by atoms with Gasteiger partial charge in [0.05, 0.1) is 25.0 Å². The molecule has 5 nitrogen and oxygen atoms in total. The summed E-state index contributed by atoms with van der Waals surface area (Å²) in [4.78, 5) is 10.3. The van der Waals surface area contributed by atoms with Gasteiger partial charge in [-0.1, -0.05) is 0 Å². The van der Waals surface area contributed by atoms with Crippen LogP contribution in [0.3, 0.4) is 0 Å². The number of likely N-dealkylation sites (N-methyl/N-ethyl adjacent to an activating group) is 1. The maximum atomic E-state index is 5.56. The Morgan fingerprint density at radius 3 is 3.07 bits per heavy atom. The van der Waals surface area contributed by atoms with Gasteiger partial charge in [-0.3, -0.25) is 4.98 Å². The number of hydrogen-bond acceptors (Lipinski definition) is 5. The number of nitrogen functional groups attached to an aromatic ring is 1. The number of rotatable bonds is 2. The van der Waals surface area contributed by atoms with Gasteiger partial charge < -0.3 is 15.4 Å². The van der Waals surface area contributed by atoms with Gasteiger partial charge in [0.2, 0.25) is 0 Å². The molecule has 1 aromatic heterocycles. The summed E-state index contributed by atoms with van der Waals surface area (Å²) >= 11 is 0. The second-order valence-electron chi connectivity index (χ2n) is 3.43. The summed E-state index contributed by atoms with van der Waals surface area (Å²) in [6.45, 7) is 1.58. The number of nitrogens with zero attached hydrogens (tertiary/aromatic N) is 3. The van der Waals surface area contributed by atoms with Gasteiger partial charge in [0, 0.05) is 13.7 Å². The van der Waals surface area contributed by atoms with Crippen molar-refractivity contribution in [3.8, 4) is 0 Å². The maximum Gasteiger partial charge on any atom is 0.149 e. The molecule has 0 aliphatic carbocycles. The minimum absolute atomic E-state index is 0.395. The molecule has 5 heteroatoms. The topological polar surface area (TPSA) is 64.3 Å². The molecule has 76 valence electrons. The van der Waals surface area contributed by atoms with Gasteiger partial charge in [0.15, 0.2) is 0 Å². The summed E-state index contributed by atoms with van der Waals surface area (Å²) in [6.07, 6.45) is 4.30. The van der Waals surface area contributed by atoms with E-state index in [4.69, 9.17) is 10.5 Å². The molecule has 1 atom stereocenters. The van der Waals surface area contributed by atoms with Crippen molar-refractivity contribution >= 4 is 11.6 Å². The van der Waals surface area contributed by atoms with Crippen molar-refractivity contribution in [3.05, 3.63) is 12.4 Å². The molecule has 2 rings (SSSR count). The van der Waals surface area contributed by atoms with Crippen LogP contribution in [0.1, 0.15) is 6.42 Å². The van der Waals surface area contributed by atoms with Crippen molar-refractivity contribution in [2.45, 2.75) is 12.5 Å². The van der Waals surface area contributed by atoms with Gasteiger partial charge in [-0.15, -0.1) is 0 Å². The second kappa shape index (κ2) is 3.79. The smallest absolute Gasteiger partial charge is 0.149 e. The van der Waals surface area contributed by atoms with E-state index < -0.39 is 0 Å². The van der Waals surface area contributed by atoms with Crippen molar-refractivity contribution in [2.75, 3.05) is 30.9 Å². The molecule has 0 aromatic carbocycles. The molecule has 0 spiro atoms. The van der Waals surface area contributed by atoms with E-state index in [1.165, 1.54) is 0 Å². The lowest BCUT2D eigenvalue weighted by Gasteiger charge is -2.23. The fourth-order valence-corrected chi connectivity index (χ4v) is 1.55. The van der Waals surface area contributed by atoms with Crippen molar-refractivity contribution in [2.24, 2.45) is 0 Å². The molecular weight excluding hydrogens is 180 g/mol. The summed E-state index contributed by atoms with van der Waals surface area (Å²) in [7, 11) is 1.99. The molecule has 0 saturated carbocycles. The standard InChI is InChI=1S/C9H14N4O/c1-13(7-2-3-14-6-7)9-5-11-4-8(10)12-9/h4-5,7H,2-3,6H2,1H3,(H2,10,12). The normalized spacial score (nSPS) is 21.1. The van der Waals surface area contributed by atoms with E-state index in [0.29, 0.717) is 11.9 Å². The average molecular weight is 194 g/mol. The van der Waals surface area contributed by atoms with E-state index in [0.717, 1.165) is 25.5 Å². The minimum Gasteiger partial charge on any atom is -0.382 e. The molecule has 0 amide bonds. The molecule has 2 heterocycles. The van der Waals surface area contributed by atoms with Gasteiger partial charge in [-0.25, -0.2) is 4.98 Å². The highest BCUT2D eigenvalue weighted by Crippen LogP contribution is 2.17. The average Bonchev–Trinajstić information content (AvgIpc) is 2.69. The molecule has 0 bridgehead atoms. The lowest BCUT2D eigenvalue weighted by molar-refractivity contribution is 0.193. The van der Waals surface area contributed by atoms with Gasteiger partial charge >= 0.3 is 0 Å². The quantitative estimate of drug-likeness (QED) is 0.732. The van der Waals surface area contributed by atoms with Crippen LogP contribution in [-0.2, 0) is 4.74 Å². The fourth-order valence-electron chi connectivity index (χ4n) is 1.55. The number of aromatic nitrogens is 2. The maximum absolute atomic E-state index is 5.56. The third-order valence-corrected chi connectivity index (χ3v) is 2.46. The summed E-state index contributed by atoms with van der Waals surface area (Å²) in [5.41, 5.74) is 5.56. The summed E-state index contributed by atoms with van der Waals surface area (Å²) in [5.74, 6) is 1.26. The Morgan fingerprint density at radius 2 is 2.43 bits per heavy atom. The molecule has 1 aliphatic rings. The number of ether oxygens (including phenoxy) is 1. The second-order valence-corrected chi connectivity index (χ2v) is 3.43. The van der Waals surface area contributed by atoms with Crippen molar-refractivity contribution in [1.29, 1.82) is 0 Å². The van der Waals surface area contributed by atoms with Gasteiger partial charge in [-0.2, -0.15) is 0 Å². The Bertz CT molecular complexity index is 311. The lowest BCUT2D eigenvalue weighted by atomic mass is 10.2. The summed E-state index contributed by atoms with van der Waals surface area (Å²) in [5, 5.41) is 0. The third-order valence-electron chi connectivity index (χ3n) is 2.46. The Balaban J connectivity index is 2.13. The van der Waals surface area contributed by atoms with Crippen molar-refractivity contribution in [3.63, 3.8) is 0 Å². The van der Waals surface area contributed by atoms with Gasteiger partial charge in [0.25, 0.3) is 0 Å². The zero-order valence-electron chi connectivity index (χ0n) is 8.18. The molecule has 1 aromatic rings. The fraction of sp³-hybridized carbons (Fsp3) is 0.556. The zero-order chi connectivity index (χ0) is 9.97. The first kappa shape index (κ1) is 9.21. The molecule has 1 unspecified atom stereocenters. The lowest BCUT2D eigenvalue weighted by Crippen LogP contribution is -2.32. The van der Waals surface area contributed by atoms with Crippen LogP contribution in [0, 0.1) is 0 Å². The third kappa shape index (κ3) is 1.77. The number of nitrogens with two attached hydrogens (primary N) is 1. The van der Waals surface area contributed by atoms with Crippen molar-refractivity contribution < 1.29 is 4.74 Å². The van der Waals surface area contributed by atoms with E-state index in [1.54, 1.807) is 12.4 Å². The molecule has 1 fully saturated rings. The highest BCUT2D eigenvalue weighted by atomic mass is 16.5. The van der Waals surface area contributed by atoms with E-state index in [9.17, 15) is 0 Å². The van der Waals surface area contributed by atoms with E-state index >= 15 is 0 Å². The monoisotopic (exact) mass is 194 g/mol. The predicted molar refractivity (Wildman–Crippen MR) is 54.1 cm³/mol. The van der Waals surface area contributed by atoms with E-state index in [-0.39, 0.29) is 0 Å². The van der Waals surface area contributed by atoms with Crippen LogP contribution in [-0.4, -0.2) is 36.3 Å². The first-order valence-corrected chi connectivity index (χ1v) is 4.65. The SMILES string of the molecule is CN(c1cncc(N)n1)C1CCOC1. The minimum atomic E-state index is 0.395. The predicted octanol–water partition coefficient (Wildman–Crippen LogP) is 0.284. The molecule has 14 heavy (non-hydrogen) atoms. The van der Waals surface area contributed by atoms with Crippen LogP contribution < -0.4 is 10.6 Å². The van der Waals surface area contributed by atoms with E-state index in [2.05, 4.69) is 14.9 Å². The molecule has 2 N–H and O–H groups in total. The first-order chi connectivity index (χ1) is 6.77. The van der Waals surface area contributed by atoms with Crippen LogP contribution in [0.15, 0.2) is 12.4 Å². The Kier molecular flexibility index (Phi) is 2.49. The Hall–Kier alpha value is -1.36. The van der Waals surface area contributed by atoms with Crippen LogP contribution >= 0.6 is 0 Å². The van der Waals surface area contributed by atoms with Crippen LogP contribution in [0.4, 0.5) is 11.6 Å². The molecule has 1 saturated heterocycles. The van der Waals surface area contributed by atoms with Crippen LogP contribution in [0.2, 0.25) is 0 Å². The molecular formula is C9H14N4O. The molecule has 1 aliphatic heterocycles. The van der Waals surface area contributed by atoms with Gasteiger partial charge in [-0.05, 0) is 6.42 Å². The highest BCUT2D eigenvalue weighted by Gasteiger charge is 2.21. The zero-order valence-corrected chi connectivity index (χ0v) is 8.18.